The Balaban J connectivity index is 1.57. The van der Waals surface area contributed by atoms with E-state index in [1.165, 1.54) is 11.4 Å². The highest BCUT2D eigenvalue weighted by atomic mass is 32.2. The maximum absolute atomic E-state index is 13.2. The van der Waals surface area contributed by atoms with Gasteiger partial charge in [-0.1, -0.05) is 6.07 Å². The highest BCUT2D eigenvalue weighted by Crippen LogP contribution is 2.28. The lowest BCUT2D eigenvalue weighted by atomic mass is 9.96. The molecule has 204 valence electrons. The third kappa shape index (κ3) is 7.30. The fraction of sp³-hybridized carbons (Fsp3) is 0.571. The molecule has 0 unspecified atom stereocenters. The van der Waals surface area contributed by atoms with Gasteiger partial charge in [0.25, 0.3) is 0 Å². The Morgan fingerprint density at radius 3 is 2.22 bits per heavy atom. The Morgan fingerprint density at radius 2 is 1.68 bits per heavy atom. The van der Waals surface area contributed by atoms with Crippen LogP contribution in [0.5, 0.6) is 5.75 Å². The number of methoxy groups -OCH3 is 1. The van der Waals surface area contributed by atoms with Crippen LogP contribution in [0.4, 0.5) is 5.82 Å². The molecule has 1 fully saturated rings. The van der Waals surface area contributed by atoms with Crippen LogP contribution >= 0.6 is 0 Å². The maximum atomic E-state index is 13.2. The topological polar surface area (TPSA) is 83.0 Å². The number of hydrogen-bond acceptors (Lipinski definition) is 7. The number of nitrogens with zero attached hydrogens (tertiary/aromatic N) is 4. The third-order valence-electron chi connectivity index (χ3n) is 7.09. The second-order valence-corrected chi connectivity index (χ2v) is 12.5. The van der Waals surface area contributed by atoms with Crippen LogP contribution in [-0.2, 0) is 21.2 Å². The summed E-state index contributed by atoms with van der Waals surface area (Å²) in [5, 5.41) is 0. The van der Waals surface area contributed by atoms with E-state index in [-0.39, 0.29) is 30.1 Å². The molecule has 0 spiro atoms. The summed E-state index contributed by atoms with van der Waals surface area (Å²) in [6, 6.07) is 5.46. The van der Waals surface area contributed by atoms with Crippen molar-refractivity contribution in [2.24, 2.45) is 5.92 Å². The standard InChI is InChI=1S/C28H42N4O4S/c1-20-15-26(36-7)16-21(2)27(20)37(34,35)31(6)11-10-25(33)17-24-14-22(3)28(29-18-24)32-12-8-23(9-13-32)19-30(4)5/h14-16,18,23H,8-13,17,19H2,1-7H3. The van der Waals surface area contributed by atoms with Crippen molar-refractivity contribution >= 4 is 21.6 Å². The van der Waals surface area contributed by atoms with Crippen LogP contribution in [-0.4, -0.2) is 82.8 Å². The first kappa shape index (κ1) is 29.1. The van der Waals surface area contributed by atoms with Gasteiger partial charge < -0.3 is 14.5 Å². The van der Waals surface area contributed by atoms with Crippen LogP contribution in [0.1, 0.15) is 41.5 Å². The van der Waals surface area contributed by atoms with Crippen molar-refractivity contribution in [3.63, 3.8) is 0 Å². The molecule has 0 saturated carbocycles. The minimum atomic E-state index is -3.72. The summed E-state index contributed by atoms with van der Waals surface area (Å²) in [5.74, 6) is 2.33. The first-order valence-corrected chi connectivity index (χ1v) is 14.3. The summed E-state index contributed by atoms with van der Waals surface area (Å²) in [6.45, 7) is 8.80. The van der Waals surface area contributed by atoms with Gasteiger partial charge in [-0.05, 0) is 88.0 Å². The monoisotopic (exact) mass is 530 g/mol. The first-order chi connectivity index (χ1) is 17.4. The van der Waals surface area contributed by atoms with Gasteiger partial charge in [0, 0.05) is 52.3 Å². The Morgan fingerprint density at radius 1 is 1.05 bits per heavy atom. The number of hydrogen-bond donors (Lipinski definition) is 0. The van der Waals surface area contributed by atoms with Crippen molar-refractivity contribution < 1.29 is 17.9 Å². The second kappa shape index (κ2) is 12.4. The fourth-order valence-electron chi connectivity index (χ4n) is 5.21. The van der Waals surface area contributed by atoms with Crippen molar-refractivity contribution in [3.05, 3.63) is 46.6 Å². The van der Waals surface area contributed by atoms with E-state index in [9.17, 15) is 13.2 Å². The van der Waals surface area contributed by atoms with Crippen LogP contribution in [0.15, 0.2) is 29.3 Å². The number of carbonyl (C=O) groups is 1. The van der Waals surface area contributed by atoms with Crippen LogP contribution in [0.2, 0.25) is 0 Å². The van der Waals surface area contributed by atoms with Crippen molar-refractivity contribution in [2.45, 2.75) is 51.3 Å². The minimum absolute atomic E-state index is 0.0105. The van der Waals surface area contributed by atoms with Crippen LogP contribution in [0, 0.1) is 26.7 Å². The molecule has 2 aromatic rings. The summed E-state index contributed by atoms with van der Waals surface area (Å²) in [5.41, 5.74) is 3.18. The van der Waals surface area contributed by atoms with Crippen LogP contribution < -0.4 is 9.64 Å². The fourth-order valence-corrected chi connectivity index (χ4v) is 6.78. The number of pyridine rings is 1. The van der Waals surface area contributed by atoms with Crippen molar-refractivity contribution in [1.82, 2.24) is 14.2 Å². The number of aromatic nitrogens is 1. The zero-order valence-corrected chi connectivity index (χ0v) is 24.2. The van der Waals surface area contributed by atoms with E-state index in [1.807, 2.05) is 13.0 Å². The average molecular weight is 531 g/mol. The third-order valence-corrected chi connectivity index (χ3v) is 9.25. The van der Waals surface area contributed by atoms with E-state index in [4.69, 9.17) is 9.72 Å². The SMILES string of the molecule is COc1cc(C)c(S(=O)(=O)N(C)CCC(=O)Cc2cnc(N3CCC(CN(C)C)CC3)c(C)c2)c(C)c1. The van der Waals surface area contributed by atoms with Gasteiger partial charge in [-0.15, -0.1) is 0 Å². The molecule has 2 heterocycles. The lowest BCUT2D eigenvalue weighted by molar-refractivity contribution is -0.118. The quantitative estimate of drug-likeness (QED) is 0.439. The maximum Gasteiger partial charge on any atom is 0.243 e. The summed E-state index contributed by atoms with van der Waals surface area (Å²) in [6.07, 6.45) is 4.49. The highest BCUT2D eigenvalue weighted by molar-refractivity contribution is 7.89. The van der Waals surface area contributed by atoms with E-state index in [0.717, 1.165) is 55.3 Å². The first-order valence-electron chi connectivity index (χ1n) is 12.9. The predicted octanol–water partition coefficient (Wildman–Crippen LogP) is 3.62. The lowest BCUT2D eigenvalue weighted by Gasteiger charge is -2.34. The largest absolute Gasteiger partial charge is 0.497 e. The minimum Gasteiger partial charge on any atom is -0.497 e. The lowest BCUT2D eigenvalue weighted by Crippen LogP contribution is -2.37. The van der Waals surface area contributed by atoms with Gasteiger partial charge in [-0.2, -0.15) is 0 Å². The number of aryl methyl sites for hydroxylation is 3. The molecule has 8 nitrogen and oxygen atoms in total. The summed E-state index contributed by atoms with van der Waals surface area (Å²) in [7, 11) is 3.60. The van der Waals surface area contributed by atoms with Gasteiger partial charge in [0.15, 0.2) is 0 Å². The van der Waals surface area contributed by atoms with Crippen molar-refractivity contribution in [2.75, 3.05) is 59.3 Å². The summed E-state index contributed by atoms with van der Waals surface area (Å²) in [4.78, 5) is 22.3. The van der Waals surface area contributed by atoms with Crippen LogP contribution in [0.25, 0.3) is 0 Å². The molecular formula is C28H42N4O4S. The average Bonchev–Trinajstić information content (AvgIpc) is 2.82. The molecule has 0 radical (unpaired) electrons. The molecular weight excluding hydrogens is 488 g/mol. The molecule has 3 rings (SSSR count). The van der Waals surface area contributed by atoms with Gasteiger partial charge in [0.1, 0.15) is 17.4 Å². The van der Waals surface area contributed by atoms with Gasteiger partial charge in [-0.3, -0.25) is 4.79 Å². The number of sulfonamides is 1. The number of carbonyl (C=O) groups excluding carboxylic acids is 1. The molecule has 0 N–H and O–H groups in total. The smallest absolute Gasteiger partial charge is 0.243 e. The van der Waals surface area contributed by atoms with Crippen molar-refractivity contribution in [1.29, 1.82) is 0 Å². The number of rotatable bonds is 11. The number of benzene rings is 1. The Hall–Kier alpha value is -2.49. The molecule has 0 bridgehead atoms. The van der Waals surface area contributed by atoms with E-state index < -0.39 is 10.0 Å². The Bertz CT molecular complexity index is 1180. The van der Waals surface area contributed by atoms with E-state index in [1.54, 1.807) is 39.3 Å². The number of anilines is 1. The highest BCUT2D eigenvalue weighted by Gasteiger charge is 2.26. The molecule has 37 heavy (non-hydrogen) atoms. The molecule has 0 amide bonds. The van der Waals surface area contributed by atoms with Gasteiger partial charge >= 0.3 is 0 Å². The Labute approximate surface area is 222 Å². The molecule has 1 aromatic carbocycles. The molecule has 1 aliphatic heterocycles. The molecule has 1 aromatic heterocycles. The normalized spacial score (nSPS) is 15.0. The molecule has 1 saturated heterocycles. The van der Waals surface area contributed by atoms with E-state index >= 15 is 0 Å². The van der Waals surface area contributed by atoms with Crippen LogP contribution in [0.3, 0.4) is 0 Å². The summed E-state index contributed by atoms with van der Waals surface area (Å²) < 4.78 is 32.9. The molecule has 9 heteroatoms. The molecule has 0 atom stereocenters. The van der Waals surface area contributed by atoms with Gasteiger partial charge in [0.05, 0.1) is 12.0 Å². The number of ketones is 1. The van der Waals surface area contributed by atoms with E-state index in [0.29, 0.717) is 16.9 Å². The number of ether oxygens (including phenoxy) is 1. The Kier molecular flexibility index (Phi) is 9.72. The summed E-state index contributed by atoms with van der Waals surface area (Å²) >= 11 is 0. The van der Waals surface area contributed by atoms with Crippen molar-refractivity contribution in [3.8, 4) is 5.75 Å². The number of piperidine rings is 1. The molecule has 1 aliphatic rings. The molecule has 0 aliphatic carbocycles. The number of Topliss-reactive ketones (excluding diaryl/α,β-unsaturated/α-hetero) is 1. The zero-order valence-electron chi connectivity index (χ0n) is 23.4. The predicted molar refractivity (Wildman–Crippen MR) is 148 cm³/mol. The van der Waals surface area contributed by atoms with Gasteiger partial charge in [-0.25, -0.2) is 17.7 Å². The van der Waals surface area contributed by atoms with E-state index in [2.05, 4.69) is 23.9 Å². The van der Waals surface area contributed by atoms with Gasteiger partial charge in [0.2, 0.25) is 10.0 Å². The second-order valence-electron chi connectivity index (χ2n) is 10.6. The zero-order chi connectivity index (χ0) is 27.3.